The number of methoxy groups -OCH3 is 1. The van der Waals surface area contributed by atoms with Crippen molar-refractivity contribution in [3.05, 3.63) is 29.8 Å². The Morgan fingerprint density at radius 1 is 1.24 bits per heavy atom. The minimum absolute atomic E-state index is 0.0683. The number of para-hydroxylation sites is 1. The van der Waals surface area contributed by atoms with Gasteiger partial charge >= 0.3 is 5.97 Å². The Labute approximate surface area is 219 Å². The Bertz CT molecular complexity index is 1030. The van der Waals surface area contributed by atoms with Gasteiger partial charge < -0.3 is 29.2 Å². The van der Waals surface area contributed by atoms with Gasteiger partial charge in [-0.3, -0.25) is 14.4 Å². The second-order valence-electron chi connectivity index (χ2n) is 11.1. The minimum Gasteiger partial charge on any atom is -0.469 e. The number of amides is 2. The van der Waals surface area contributed by atoms with Crippen LogP contribution in [0.15, 0.2) is 24.3 Å². The van der Waals surface area contributed by atoms with Crippen molar-refractivity contribution in [3.63, 3.8) is 0 Å². The van der Waals surface area contributed by atoms with Gasteiger partial charge in [0.1, 0.15) is 0 Å². The highest BCUT2D eigenvalue weighted by atomic mass is 28.4. The molecule has 5 atom stereocenters. The van der Waals surface area contributed by atoms with Crippen molar-refractivity contribution in [1.82, 2.24) is 4.90 Å². The van der Waals surface area contributed by atoms with Crippen molar-refractivity contribution in [3.8, 4) is 0 Å². The number of carbonyl (C=O) groups excluding carboxylic acids is 3. The molecule has 2 N–H and O–H groups in total. The van der Waals surface area contributed by atoms with E-state index in [2.05, 4.69) is 0 Å². The first-order chi connectivity index (χ1) is 17.6. The van der Waals surface area contributed by atoms with Crippen LogP contribution in [0.1, 0.15) is 51.0 Å². The number of likely N-dealkylation sites (tertiary alicyclic amines) is 1. The maximum absolute atomic E-state index is 14.2. The van der Waals surface area contributed by atoms with Crippen molar-refractivity contribution < 1.29 is 33.8 Å². The van der Waals surface area contributed by atoms with Crippen LogP contribution in [0.4, 0.5) is 5.69 Å². The van der Waals surface area contributed by atoms with E-state index in [1.54, 1.807) is 9.80 Å². The number of hydrogen-bond acceptors (Lipinski definition) is 7. The molecule has 0 aromatic heterocycles. The van der Waals surface area contributed by atoms with Gasteiger partial charge in [0.25, 0.3) is 5.91 Å². The number of fused-ring (bicyclic) bond motifs is 2. The molecule has 204 valence electrons. The second kappa shape index (κ2) is 10.8. The lowest BCUT2D eigenvalue weighted by Crippen LogP contribution is -2.46. The van der Waals surface area contributed by atoms with E-state index in [0.717, 1.165) is 24.1 Å². The van der Waals surface area contributed by atoms with Gasteiger partial charge in [-0.2, -0.15) is 0 Å². The van der Waals surface area contributed by atoms with Crippen LogP contribution in [0.5, 0.6) is 0 Å². The van der Waals surface area contributed by atoms with Crippen molar-refractivity contribution in [2.24, 2.45) is 5.92 Å². The van der Waals surface area contributed by atoms with Gasteiger partial charge in [-0.25, -0.2) is 0 Å². The Morgan fingerprint density at radius 3 is 2.65 bits per heavy atom. The quantitative estimate of drug-likeness (QED) is 0.285. The lowest BCUT2D eigenvalue weighted by atomic mass is 9.82. The first-order valence-electron chi connectivity index (χ1n) is 13.3. The van der Waals surface area contributed by atoms with E-state index >= 15 is 0 Å². The van der Waals surface area contributed by atoms with E-state index in [9.17, 15) is 24.3 Å². The van der Waals surface area contributed by atoms with Gasteiger partial charge in [0.05, 0.1) is 38.0 Å². The van der Waals surface area contributed by atoms with Crippen LogP contribution in [0.25, 0.3) is 0 Å². The molecule has 0 aliphatic carbocycles. The van der Waals surface area contributed by atoms with E-state index in [0.29, 0.717) is 32.4 Å². The van der Waals surface area contributed by atoms with E-state index < -0.39 is 20.0 Å². The van der Waals surface area contributed by atoms with E-state index in [1.807, 2.05) is 44.3 Å². The minimum atomic E-state index is -2.86. The fourth-order valence-corrected chi connectivity index (χ4v) is 9.29. The first-order valence-corrected chi connectivity index (χ1v) is 16.4. The van der Waals surface area contributed by atoms with Gasteiger partial charge in [-0.1, -0.05) is 25.1 Å². The zero-order valence-electron chi connectivity index (χ0n) is 22.3. The molecule has 0 bridgehead atoms. The number of hydrogen-bond donors (Lipinski definition) is 2. The number of ether oxygens (including phenoxy) is 2. The molecule has 1 aromatic rings. The molecule has 1 spiro atoms. The molecule has 1 aromatic carbocycles. The Kier molecular flexibility index (Phi) is 8.13. The summed E-state index contributed by atoms with van der Waals surface area (Å²) in [5.41, 5.74) is -0.0559. The predicted octanol–water partition coefficient (Wildman–Crippen LogP) is 2.55. The third-order valence-electron chi connectivity index (χ3n) is 8.42. The summed E-state index contributed by atoms with van der Waals surface area (Å²) in [6.45, 7) is 6.61. The summed E-state index contributed by atoms with van der Waals surface area (Å²) in [5.74, 6) is -0.887. The fourth-order valence-electron chi connectivity index (χ4n) is 6.74. The Balaban J connectivity index is 1.62. The highest BCUT2D eigenvalue weighted by Crippen LogP contribution is 2.59. The molecule has 0 radical (unpaired) electrons. The average molecular weight is 533 g/mol. The van der Waals surface area contributed by atoms with Gasteiger partial charge in [0.15, 0.2) is 13.9 Å². The van der Waals surface area contributed by atoms with Crippen LogP contribution in [-0.2, 0) is 29.5 Å². The number of aliphatic hydroxyl groups excluding tert-OH is 1. The molecule has 4 rings (SSSR count). The summed E-state index contributed by atoms with van der Waals surface area (Å²) in [4.78, 5) is 53.8. The first kappa shape index (κ1) is 27.8. The second-order valence-corrected chi connectivity index (χ2v) is 15.1. The largest absolute Gasteiger partial charge is 0.469 e. The molecule has 0 unspecified atom stereocenters. The number of benzene rings is 1. The number of aliphatic hydroxyl groups is 1. The van der Waals surface area contributed by atoms with Crippen molar-refractivity contribution in [2.45, 2.75) is 81.8 Å². The van der Waals surface area contributed by atoms with E-state index in [-0.39, 0.29) is 48.3 Å². The molecule has 3 aliphatic rings. The zero-order valence-corrected chi connectivity index (χ0v) is 23.3. The van der Waals surface area contributed by atoms with Gasteiger partial charge in [-0.15, -0.1) is 0 Å². The highest BCUT2D eigenvalue weighted by Gasteiger charge is 2.66. The number of carbonyl (C=O) groups is 3. The predicted molar refractivity (Wildman–Crippen MR) is 140 cm³/mol. The van der Waals surface area contributed by atoms with E-state index in [4.69, 9.17) is 9.47 Å². The SMILES string of the molecule is COC(=O)CCCCN1C(=O)[C@]2(O[C@H](CC(=O)N3CCC[C@H]3CO)[C@@H]([Si](C)(C)O)[C@@H]2C)c2ccccc21. The molecule has 3 heterocycles. The van der Waals surface area contributed by atoms with E-state index in [1.165, 1.54) is 7.11 Å². The topological polar surface area (TPSA) is 117 Å². The normalized spacial score (nSPS) is 29.3. The smallest absolute Gasteiger partial charge is 0.305 e. The number of nitrogens with zero attached hydrogens (tertiary/aromatic N) is 2. The summed E-state index contributed by atoms with van der Waals surface area (Å²) in [6, 6.07) is 7.40. The standard InChI is InChI=1S/C27H40N2O7Si/c1-18-25(37(3,4)34)22(16-23(31)28-15-9-10-19(28)17-30)36-27(18)20-11-5-6-12-21(20)29(26(27)33)14-8-7-13-24(32)35-2/h5-6,11-12,18-19,22,25,30,34H,7-10,13-17H2,1-4H3/t18-,19-,22+,25-,27+/m0/s1. The molecule has 2 amide bonds. The van der Waals surface area contributed by atoms with Crippen molar-refractivity contribution in [1.29, 1.82) is 0 Å². The highest BCUT2D eigenvalue weighted by molar-refractivity contribution is 6.71. The average Bonchev–Trinajstić information content (AvgIpc) is 3.51. The maximum Gasteiger partial charge on any atom is 0.305 e. The molecule has 10 heteroatoms. The van der Waals surface area contributed by atoms with Gasteiger partial charge in [0, 0.05) is 36.5 Å². The van der Waals surface area contributed by atoms with Crippen LogP contribution < -0.4 is 4.90 Å². The summed E-state index contributed by atoms with van der Waals surface area (Å²) in [5, 5.41) is 9.71. The van der Waals surface area contributed by atoms with Crippen LogP contribution in [-0.4, -0.2) is 79.9 Å². The van der Waals surface area contributed by atoms with Crippen molar-refractivity contribution in [2.75, 3.05) is 31.7 Å². The van der Waals surface area contributed by atoms with Gasteiger partial charge in [-0.05, 0) is 44.8 Å². The number of unbranched alkanes of at least 4 members (excludes halogenated alkanes) is 1. The fraction of sp³-hybridized carbons (Fsp3) is 0.667. The van der Waals surface area contributed by atoms with Gasteiger partial charge in [0.2, 0.25) is 5.91 Å². The van der Waals surface area contributed by atoms with Crippen LogP contribution in [0.2, 0.25) is 18.6 Å². The molecule has 3 aliphatic heterocycles. The number of esters is 1. The summed E-state index contributed by atoms with van der Waals surface area (Å²) < 4.78 is 11.4. The van der Waals surface area contributed by atoms with Crippen LogP contribution >= 0.6 is 0 Å². The molecule has 2 fully saturated rings. The third-order valence-corrected chi connectivity index (χ3v) is 10.9. The molecule has 0 saturated carbocycles. The summed E-state index contributed by atoms with van der Waals surface area (Å²) >= 11 is 0. The summed E-state index contributed by atoms with van der Waals surface area (Å²) in [6.07, 6.45) is 2.60. The molecule has 37 heavy (non-hydrogen) atoms. The number of rotatable bonds is 9. The zero-order chi connectivity index (χ0) is 27.0. The van der Waals surface area contributed by atoms with Crippen LogP contribution in [0.3, 0.4) is 0 Å². The van der Waals surface area contributed by atoms with Crippen LogP contribution in [0, 0.1) is 5.92 Å². The molecule has 2 saturated heterocycles. The molecular weight excluding hydrogens is 492 g/mol. The monoisotopic (exact) mass is 532 g/mol. The Morgan fingerprint density at radius 2 is 1.97 bits per heavy atom. The third kappa shape index (κ3) is 4.96. The summed E-state index contributed by atoms with van der Waals surface area (Å²) in [7, 11) is -1.50. The maximum atomic E-state index is 14.2. The molecular formula is C27H40N2O7Si. The molecule has 9 nitrogen and oxygen atoms in total. The Hall–Kier alpha value is -2.27. The van der Waals surface area contributed by atoms with Crippen molar-refractivity contribution >= 4 is 31.8 Å². The number of anilines is 1. The lowest BCUT2D eigenvalue weighted by molar-refractivity contribution is -0.150. The lowest BCUT2D eigenvalue weighted by Gasteiger charge is -2.32.